The van der Waals surface area contributed by atoms with Crippen molar-refractivity contribution in [3.63, 3.8) is 0 Å². The molecule has 0 saturated carbocycles. The first-order valence-electron chi connectivity index (χ1n) is 13.4. The zero-order chi connectivity index (χ0) is 31.4. The van der Waals surface area contributed by atoms with Gasteiger partial charge in [0.15, 0.2) is 5.69 Å². The molecule has 3 unspecified atom stereocenters. The zero-order valence-corrected chi connectivity index (χ0v) is 24.4. The molecule has 2 rings (SSSR count). The Morgan fingerprint density at radius 1 is 1.07 bits per heavy atom. The second-order valence-corrected chi connectivity index (χ2v) is 10.7. The number of ether oxygens (including phenoxy) is 1. The molecule has 13 heteroatoms. The maximum absolute atomic E-state index is 13.6. The Kier molecular flexibility index (Phi) is 12.4. The number of carbonyl (C=O) groups is 5. The van der Waals surface area contributed by atoms with Gasteiger partial charge >= 0.3 is 5.97 Å². The predicted molar refractivity (Wildman–Crippen MR) is 150 cm³/mol. The fraction of sp³-hybridized carbons (Fsp3) is 0.448. The van der Waals surface area contributed by atoms with Gasteiger partial charge in [-0.05, 0) is 43.4 Å². The quantitative estimate of drug-likeness (QED) is 0.191. The van der Waals surface area contributed by atoms with E-state index in [0.29, 0.717) is 11.3 Å². The van der Waals surface area contributed by atoms with Crippen molar-refractivity contribution < 1.29 is 37.6 Å². The minimum Gasteiger partial charge on any atom is -0.463 e. The number of halogens is 1. The lowest BCUT2D eigenvalue weighted by Crippen LogP contribution is -2.58. The summed E-state index contributed by atoms with van der Waals surface area (Å²) in [5.41, 5.74) is 5.01. The van der Waals surface area contributed by atoms with Gasteiger partial charge in [0.1, 0.15) is 23.7 Å². The van der Waals surface area contributed by atoms with Crippen LogP contribution in [-0.2, 0) is 30.3 Å². The molecule has 228 valence electrons. The molecule has 0 aliphatic heterocycles. The molecule has 0 spiro atoms. The number of amides is 4. The van der Waals surface area contributed by atoms with E-state index < -0.39 is 59.0 Å². The number of aromatic nitrogens is 1. The molecule has 42 heavy (non-hydrogen) atoms. The van der Waals surface area contributed by atoms with E-state index >= 15 is 0 Å². The number of rotatable bonds is 14. The summed E-state index contributed by atoms with van der Waals surface area (Å²) >= 11 is 0. The van der Waals surface area contributed by atoms with Crippen LogP contribution in [0.1, 0.15) is 62.3 Å². The summed E-state index contributed by atoms with van der Waals surface area (Å²) in [6.07, 6.45) is 2.45. The summed E-state index contributed by atoms with van der Waals surface area (Å²) in [5, 5.41) is 11.7. The maximum atomic E-state index is 13.6. The van der Waals surface area contributed by atoms with Gasteiger partial charge in [-0.2, -0.15) is 0 Å². The largest absolute Gasteiger partial charge is 0.463 e. The lowest BCUT2D eigenvalue weighted by molar-refractivity contribution is -0.137. The number of hydrogen-bond donors (Lipinski definition) is 4. The molecule has 2 aromatic rings. The first-order chi connectivity index (χ1) is 19.7. The van der Waals surface area contributed by atoms with Crippen LogP contribution < -0.4 is 21.7 Å². The molecular weight excluding hydrogens is 549 g/mol. The lowest BCUT2D eigenvalue weighted by Gasteiger charge is -2.32. The minimum absolute atomic E-state index is 0.0131. The molecule has 4 amide bonds. The second-order valence-electron chi connectivity index (χ2n) is 10.7. The van der Waals surface area contributed by atoms with Gasteiger partial charge in [0, 0.05) is 31.0 Å². The van der Waals surface area contributed by atoms with Gasteiger partial charge in [-0.1, -0.05) is 44.1 Å². The SMILES string of the molecule is CCOC(=O)/C=C/C(CCC(N)=O)NC(=O)C(Cc1ccc(F)cc1)NC(=O)C(NC(=O)c1cc(C)on1)C(C)(C)C. The number of nitrogens with two attached hydrogens (primary N) is 1. The highest BCUT2D eigenvalue weighted by Gasteiger charge is 2.36. The van der Waals surface area contributed by atoms with Crippen molar-refractivity contribution in [2.24, 2.45) is 11.1 Å². The van der Waals surface area contributed by atoms with Crippen LogP contribution in [0, 0.1) is 18.2 Å². The molecular formula is C29H38FN5O7. The summed E-state index contributed by atoms with van der Waals surface area (Å²) in [5.74, 6) is -3.26. The number of esters is 1. The topological polar surface area (TPSA) is 183 Å². The van der Waals surface area contributed by atoms with Crippen LogP contribution in [-0.4, -0.2) is 59.5 Å². The van der Waals surface area contributed by atoms with Gasteiger partial charge in [-0.25, -0.2) is 9.18 Å². The summed E-state index contributed by atoms with van der Waals surface area (Å²) in [6.45, 7) is 8.62. The smallest absolute Gasteiger partial charge is 0.330 e. The van der Waals surface area contributed by atoms with E-state index in [0.717, 1.165) is 6.08 Å². The van der Waals surface area contributed by atoms with Crippen molar-refractivity contribution in [1.82, 2.24) is 21.1 Å². The number of benzene rings is 1. The molecule has 0 aliphatic rings. The Balaban J connectivity index is 2.33. The van der Waals surface area contributed by atoms with Crippen LogP contribution in [0.4, 0.5) is 4.39 Å². The molecule has 0 fully saturated rings. The molecule has 12 nitrogen and oxygen atoms in total. The Morgan fingerprint density at radius 3 is 2.29 bits per heavy atom. The fourth-order valence-corrected chi connectivity index (χ4v) is 3.86. The van der Waals surface area contributed by atoms with Crippen molar-refractivity contribution >= 4 is 29.6 Å². The predicted octanol–water partition coefficient (Wildman–Crippen LogP) is 1.86. The number of primary amides is 1. The van der Waals surface area contributed by atoms with E-state index in [9.17, 15) is 28.4 Å². The molecule has 1 heterocycles. The molecule has 5 N–H and O–H groups in total. The second kappa shape index (κ2) is 15.5. The average Bonchev–Trinajstić information content (AvgIpc) is 3.35. The summed E-state index contributed by atoms with van der Waals surface area (Å²) in [7, 11) is 0. The summed E-state index contributed by atoms with van der Waals surface area (Å²) < 4.78 is 23.4. The first-order valence-corrected chi connectivity index (χ1v) is 13.4. The average molecular weight is 588 g/mol. The number of nitrogens with zero attached hydrogens (tertiary/aromatic N) is 1. The van der Waals surface area contributed by atoms with E-state index in [1.165, 1.54) is 36.4 Å². The Morgan fingerprint density at radius 2 is 1.74 bits per heavy atom. The fourth-order valence-electron chi connectivity index (χ4n) is 3.86. The summed E-state index contributed by atoms with van der Waals surface area (Å²) in [4.78, 5) is 63.1. The van der Waals surface area contributed by atoms with Crippen molar-refractivity contribution in [3.8, 4) is 0 Å². The van der Waals surface area contributed by atoms with Crippen LogP contribution in [0.5, 0.6) is 0 Å². The highest BCUT2D eigenvalue weighted by molar-refractivity contribution is 5.97. The lowest BCUT2D eigenvalue weighted by atomic mass is 9.85. The van der Waals surface area contributed by atoms with Gasteiger partial charge in [-0.15, -0.1) is 0 Å². The van der Waals surface area contributed by atoms with E-state index in [1.54, 1.807) is 34.6 Å². The number of nitrogens with one attached hydrogen (secondary N) is 3. The van der Waals surface area contributed by atoms with E-state index in [1.807, 2.05) is 0 Å². The van der Waals surface area contributed by atoms with Crippen LogP contribution in [0.25, 0.3) is 0 Å². The number of hydrogen-bond acceptors (Lipinski definition) is 8. The third-order valence-electron chi connectivity index (χ3n) is 6.03. The van der Waals surface area contributed by atoms with Crippen LogP contribution in [0.15, 0.2) is 47.0 Å². The molecule has 0 bridgehead atoms. The number of carbonyl (C=O) groups excluding carboxylic acids is 5. The third kappa shape index (κ3) is 11.1. The normalized spacial score (nSPS) is 13.6. The molecule has 1 aromatic heterocycles. The third-order valence-corrected chi connectivity index (χ3v) is 6.03. The first kappa shape index (κ1) is 33.7. The highest BCUT2D eigenvalue weighted by Crippen LogP contribution is 2.21. The molecule has 1 aromatic carbocycles. The van der Waals surface area contributed by atoms with Crippen molar-refractivity contribution in [1.29, 1.82) is 0 Å². The van der Waals surface area contributed by atoms with Gasteiger partial charge < -0.3 is 30.9 Å². The Hall–Kier alpha value is -4.55. The molecule has 0 saturated heterocycles. The van der Waals surface area contributed by atoms with Crippen LogP contribution in [0.2, 0.25) is 0 Å². The Labute approximate surface area is 243 Å². The van der Waals surface area contributed by atoms with Gasteiger partial charge in [-0.3, -0.25) is 19.2 Å². The van der Waals surface area contributed by atoms with Crippen molar-refractivity contribution in [2.75, 3.05) is 6.61 Å². The van der Waals surface area contributed by atoms with E-state index in [-0.39, 0.29) is 31.6 Å². The highest BCUT2D eigenvalue weighted by atomic mass is 19.1. The van der Waals surface area contributed by atoms with Crippen molar-refractivity contribution in [3.05, 3.63) is 65.3 Å². The molecule has 3 atom stereocenters. The molecule has 0 aliphatic carbocycles. The maximum Gasteiger partial charge on any atom is 0.330 e. The zero-order valence-electron chi connectivity index (χ0n) is 24.4. The van der Waals surface area contributed by atoms with Crippen LogP contribution in [0.3, 0.4) is 0 Å². The molecule has 0 radical (unpaired) electrons. The van der Waals surface area contributed by atoms with E-state index in [2.05, 4.69) is 21.1 Å². The van der Waals surface area contributed by atoms with E-state index in [4.69, 9.17) is 15.0 Å². The van der Waals surface area contributed by atoms with Crippen molar-refractivity contribution in [2.45, 2.75) is 72.0 Å². The monoisotopic (exact) mass is 587 g/mol. The summed E-state index contributed by atoms with van der Waals surface area (Å²) in [6, 6.07) is 3.73. The van der Waals surface area contributed by atoms with Gasteiger partial charge in [0.2, 0.25) is 17.7 Å². The van der Waals surface area contributed by atoms with Gasteiger partial charge in [0.25, 0.3) is 5.91 Å². The van der Waals surface area contributed by atoms with Gasteiger partial charge in [0.05, 0.1) is 6.61 Å². The standard InChI is InChI=1S/C29H38FN5O7/c1-6-41-24(37)14-12-20(11-13-23(31)36)32-26(38)21(16-18-7-9-19(30)10-8-18)33-28(40)25(29(3,4)5)34-27(39)22-15-17(2)42-35-22/h7-10,12,14-15,20-21,25H,6,11,13,16H2,1-5H3,(H2,31,36)(H,32,38)(H,33,40)(H,34,39)/b14-12+. The van der Waals surface area contributed by atoms with Crippen LogP contribution >= 0.6 is 0 Å². The Bertz CT molecular complexity index is 1280. The minimum atomic E-state index is -1.19. The number of aryl methyl sites for hydroxylation is 1.